The number of carbonyl (C=O) groups is 1. The number of morpholine rings is 1. The van der Waals surface area contributed by atoms with Crippen LogP contribution in [0.2, 0.25) is 0 Å². The Balaban J connectivity index is 0.00000196. The predicted molar refractivity (Wildman–Crippen MR) is 111 cm³/mol. The highest BCUT2D eigenvalue weighted by atomic mass is 35.5. The highest BCUT2D eigenvalue weighted by molar-refractivity contribution is 5.85. The van der Waals surface area contributed by atoms with Crippen LogP contribution in [0.5, 0.6) is 5.75 Å². The van der Waals surface area contributed by atoms with E-state index in [1.165, 1.54) is 12.1 Å². The van der Waals surface area contributed by atoms with Crippen LogP contribution in [0.25, 0.3) is 0 Å². The molecule has 0 bridgehead atoms. The van der Waals surface area contributed by atoms with Crippen LogP contribution >= 0.6 is 24.8 Å². The van der Waals surface area contributed by atoms with E-state index in [-0.39, 0.29) is 48.6 Å². The molecule has 28 heavy (non-hydrogen) atoms. The van der Waals surface area contributed by atoms with Gasteiger partial charge in [-0.15, -0.1) is 24.8 Å². The number of piperidine rings is 1. The summed E-state index contributed by atoms with van der Waals surface area (Å²) in [5.74, 6) is 0.535. The molecular weight excluding hydrogens is 408 g/mol. The molecule has 2 heterocycles. The van der Waals surface area contributed by atoms with E-state index < -0.39 is 0 Å². The van der Waals surface area contributed by atoms with E-state index in [4.69, 9.17) is 9.47 Å². The molecule has 0 radical (unpaired) electrons. The molecule has 1 atom stereocenters. The first-order valence-corrected chi connectivity index (χ1v) is 9.40. The van der Waals surface area contributed by atoms with Crippen LogP contribution in [0, 0.1) is 5.82 Å². The minimum Gasteiger partial charge on any atom is -0.492 e. The summed E-state index contributed by atoms with van der Waals surface area (Å²) in [4.78, 5) is 14.5. The average molecular weight is 438 g/mol. The van der Waals surface area contributed by atoms with E-state index in [0.29, 0.717) is 25.4 Å². The highest BCUT2D eigenvalue weighted by Gasteiger charge is 2.22. The molecular formula is C19H30Cl2FN3O3. The minimum absolute atomic E-state index is 0. The predicted octanol–water partition coefficient (Wildman–Crippen LogP) is 2.01. The van der Waals surface area contributed by atoms with Gasteiger partial charge in [-0.2, -0.15) is 0 Å². The van der Waals surface area contributed by atoms with Gasteiger partial charge >= 0.3 is 0 Å². The van der Waals surface area contributed by atoms with Crippen LogP contribution in [0.15, 0.2) is 24.3 Å². The van der Waals surface area contributed by atoms with Gasteiger partial charge in [0.05, 0.1) is 13.2 Å². The fourth-order valence-corrected chi connectivity index (χ4v) is 3.39. The first-order chi connectivity index (χ1) is 12.7. The summed E-state index contributed by atoms with van der Waals surface area (Å²) < 4.78 is 23.9. The van der Waals surface area contributed by atoms with Crippen LogP contribution in [0.1, 0.15) is 19.3 Å². The van der Waals surface area contributed by atoms with Crippen molar-refractivity contribution in [3.63, 3.8) is 0 Å². The summed E-state index contributed by atoms with van der Waals surface area (Å²) >= 11 is 0. The van der Waals surface area contributed by atoms with Crippen molar-refractivity contribution in [1.29, 1.82) is 0 Å². The number of ether oxygens (including phenoxy) is 2. The Hall–Kier alpha value is -1.12. The van der Waals surface area contributed by atoms with Gasteiger partial charge in [0.15, 0.2) is 0 Å². The molecule has 1 unspecified atom stereocenters. The molecule has 2 aliphatic rings. The molecule has 3 rings (SSSR count). The van der Waals surface area contributed by atoms with Gasteiger partial charge in [-0.1, -0.05) is 0 Å². The maximum absolute atomic E-state index is 12.9. The van der Waals surface area contributed by atoms with Crippen molar-refractivity contribution < 1.29 is 18.7 Å². The molecule has 1 amide bonds. The molecule has 9 heteroatoms. The van der Waals surface area contributed by atoms with Crippen molar-refractivity contribution in [2.24, 2.45) is 0 Å². The van der Waals surface area contributed by atoms with Gasteiger partial charge in [-0.05, 0) is 37.1 Å². The SMILES string of the molecule is Cl.Cl.O=C(CC1COCCN1)NC1CCN(CCOc2ccc(F)cc2)CC1. The van der Waals surface area contributed by atoms with Crippen LogP contribution < -0.4 is 15.4 Å². The van der Waals surface area contributed by atoms with Crippen molar-refractivity contribution in [2.75, 3.05) is 46.0 Å². The van der Waals surface area contributed by atoms with Gasteiger partial charge in [0.25, 0.3) is 0 Å². The minimum atomic E-state index is -0.256. The van der Waals surface area contributed by atoms with Gasteiger partial charge in [-0.25, -0.2) is 4.39 Å². The van der Waals surface area contributed by atoms with Crippen molar-refractivity contribution in [3.8, 4) is 5.75 Å². The van der Waals surface area contributed by atoms with Gasteiger partial charge in [0.1, 0.15) is 18.2 Å². The molecule has 2 saturated heterocycles. The number of hydrogen-bond acceptors (Lipinski definition) is 5. The molecule has 6 nitrogen and oxygen atoms in total. The smallest absolute Gasteiger partial charge is 0.221 e. The van der Waals surface area contributed by atoms with E-state index in [1.807, 2.05) is 0 Å². The maximum Gasteiger partial charge on any atom is 0.221 e. The van der Waals surface area contributed by atoms with Gasteiger partial charge < -0.3 is 20.1 Å². The first-order valence-electron chi connectivity index (χ1n) is 9.40. The average Bonchev–Trinajstić information content (AvgIpc) is 2.65. The van der Waals surface area contributed by atoms with Gasteiger partial charge in [-0.3, -0.25) is 9.69 Å². The number of carbonyl (C=O) groups excluding carboxylic acids is 1. The number of nitrogens with one attached hydrogen (secondary N) is 2. The fourth-order valence-electron chi connectivity index (χ4n) is 3.39. The third-order valence-corrected chi connectivity index (χ3v) is 4.87. The molecule has 0 aromatic heterocycles. The first kappa shape index (κ1) is 24.9. The quantitative estimate of drug-likeness (QED) is 0.682. The zero-order valence-electron chi connectivity index (χ0n) is 15.9. The van der Waals surface area contributed by atoms with Crippen molar-refractivity contribution in [1.82, 2.24) is 15.5 Å². The molecule has 1 aromatic rings. The number of likely N-dealkylation sites (tertiary alicyclic amines) is 1. The molecule has 2 N–H and O–H groups in total. The zero-order chi connectivity index (χ0) is 18.2. The number of halogens is 3. The molecule has 1 aromatic carbocycles. The van der Waals surface area contributed by atoms with E-state index in [2.05, 4.69) is 15.5 Å². The summed E-state index contributed by atoms with van der Waals surface area (Å²) in [5.41, 5.74) is 0. The van der Waals surface area contributed by atoms with E-state index in [1.54, 1.807) is 12.1 Å². The summed E-state index contributed by atoms with van der Waals surface area (Å²) in [6.45, 7) is 5.46. The molecule has 2 fully saturated rings. The lowest BCUT2D eigenvalue weighted by molar-refractivity contribution is -0.123. The second-order valence-electron chi connectivity index (χ2n) is 6.92. The monoisotopic (exact) mass is 437 g/mol. The Morgan fingerprint density at radius 1 is 1.25 bits per heavy atom. The standard InChI is InChI=1S/C19H28FN3O3.2ClH/c20-15-1-3-18(4-2-15)26-12-10-23-8-5-16(6-9-23)22-19(24)13-17-14-25-11-7-21-17;;/h1-4,16-17,21H,5-14H2,(H,22,24);2*1H. The lowest BCUT2D eigenvalue weighted by Gasteiger charge is -2.32. The van der Waals surface area contributed by atoms with Crippen LogP contribution in [0.3, 0.4) is 0 Å². The van der Waals surface area contributed by atoms with E-state index >= 15 is 0 Å². The lowest BCUT2D eigenvalue weighted by Crippen LogP contribution is -2.48. The van der Waals surface area contributed by atoms with Crippen molar-refractivity contribution in [3.05, 3.63) is 30.1 Å². The molecule has 0 saturated carbocycles. The van der Waals surface area contributed by atoms with Crippen LogP contribution in [-0.4, -0.2) is 68.9 Å². The largest absolute Gasteiger partial charge is 0.492 e. The Morgan fingerprint density at radius 2 is 1.96 bits per heavy atom. The number of amides is 1. The number of hydrogen-bond donors (Lipinski definition) is 2. The summed E-state index contributed by atoms with van der Waals surface area (Å²) in [6, 6.07) is 6.47. The summed E-state index contributed by atoms with van der Waals surface area (Å²) in [7, 11) is 0. The Kier molecular flexibility index (Phi) is 11.7. The zero-order valence-corrected chi connectivity index (χ0v) is 17.5. The summed E-state index contributed by atoms with van der Waals surface area (Å²) in [6.07, 6.45) is 2.39. The number of nitrogens with zero attached hydrogens (tertiary/aromatic N) is 1. The molecule has 2 aliphatic heterocycles. The Labute approximate surface area is 178 Å². The second-order valence-corrected chi connectivity index (χ2v) is 6.92. The van der Waals surface area contributed by atoms with Gasteiger partial charge in [0.2, 0.25) is 5.91 Å². The van der Waals surface area contributed by atoms with Crippen LogP contribution in [-0.2, 0) is 9.53 Å². The molecule has 160 valence electrons. The topological polar surface area (TPSA) is 62.8 Å². The van der Waals surface area contributed by atoms with Crippen molar-refractivity contribution in [2.45, 2.75) is 31.3 Å². The fraction of sp³-hybridized carbons (Fsp3) is 0.632. The van der Waals surface area contributed by atoms with Gasteiger partial charge in [0, 0.05) is 44.7 Å². The van der Waals surface area contributed by atoms with E-state index in [9.17, 15) is 9.18 Å². The second kappa shape index (κ2) is 13.2. The molecule has 0 aliphatic carbocycles. The Bertz CT molecular complexity index is 566. The number of rotatable bonds is 7. The molecule has 0 spiro atoms. The van der Waals surface area contributed by atoms with Crippen molar-refractivity contribution >= 4 is 30.7 Å². The summed E-state index contributed by atoms with van der Waals surface area (Å²) in [5, 5.41) is 6.45. The number of benzene rings is 1. The lowest BCUT2D eigenvalue weighted by atomic mass is 10.0. The maximum atomic E-state index is 12.9. The third kappa shape index (κ3) is 8.49. The normalized spacial score (nSPS) is 20.5. The Morgan fingerprint density at radius 3 is 2.61 bits per heavy atom. The highest BCUT2D eigenvalue weighted by Crippen LogP contribution is 2.13. The third-order valence-electron chi connectivity index (χ3n) is 4.87. The van der Waals surface area contributed by atoms with Crippen LogP contribution in [0.4, 0.5) is 4.39 Å². The van der Waals surface area contributed by atoms with E-state index in [0.717, 1.165) is 45.6 Å².